The van der Waals surface area contributed by atoms with E-state index in [2.05, 4.69) is 16.7 Å². The molecule has 4 N–H and O–H groups in total. The molecule has 0 bridgehead atoms. The summed E-state index contributed by atoms with van der Waals surface area (Å²) in [4.78, 5) is 11.5. The number of hydrogen-bond donors (Lipinski definition) is 4. The molecule has 30 heavy (non-hydrogen) atoms. The average molecular weight is 408 g/mol. The molecule has 7 heteroatoms. The minimum Gasteiger partial charge on any atom is -0.504 e. The van der Waals surface area contributed by atoms with E-state index in [4.69, 9.17) is 9.97 Å². The van der Waals surface area contributed by atoms with Gasteiger partial charge in [-0.05, 0) is 55.5 Å². The Bertz CT molecular complexity index is 1020. The highest BCUT2D eigenvalue weighted by Crippen LogP contribution is 2.27. The quantitative estimate of drug-likeness (QED) is 0.464. The van der Waals surface area contributed by atoms with E-state index in [-0.39, 0.29) is 11.5 Å². The van der Waals surface area contributed by atoms with Crippen molar-refractivity contribution in [2.75, 3.05) is 24.3 Å². The van der Waals surface area contributed by atoms with Gasteiger partial charge in [0.05, 0.1) is 5.52 Å². The molecule has 4 rings (SSSR count). The molecule has 0 spiro atoms. The Labute approximate surface area is 176 Å². The van der Waals surface area contributed by atoms with E-state index < -0.39 is 0 Å². The predicted molar refractivity (Wildman–Crippen MR) is 120 cm³/mol. The highest BCUT2D eigenvalue weighted by molar-refractivity contribution is 5.90. The van der Waals surface area contributed by atoms with Crippen LogP contribution in [-0.2, 0) is 6.54 Å². The van der Waals surface area contributed by atoms with Gasteiger partial charge in [0.2, 0.25) is 5.95 Å². The molecule has 0 saturated heterocycles. The number of rotatable bonds is 6. The van der Waals surface area contributed by atoms with Crippen molar-refractivity contribution < 1.29 is 10.2 Å². The van der Waals surface area contributed by atoms with Crippen LogP contribution in [0.5, 0.6) is 11.5 Å². The van der Waals surface area contributed by atoms with Crippen LogP contribution in [0.3, 0.4) is 0 Å². The number of nitrogens with zero attached hydrogens (tertiary/aromatic N) is 3. The predicted octanol–water partition coefficient (Wildman–Crippen LogP) is 3.62. The maximum Gasteiger partial charge on any atom is 0.225 e. The van der Waals surface area contributed by atoms with Gasteiger partial charge < -0.3 is 25.7 Å². The van der Waals surface area contributed by atoms with Crippen LogP contribution >= 0.6 is 0 Å². The lowest BCUT2D eigenvalue weighted by molar-refractivity contribution is 0.351. The summed E-state index contributed by atoms with van der Waals surface area (Å²) < 4.78 is 0. The molecule has 1 heterocycles. The summed E-state index contributed by atoms with van der Waals surface area (Å²) >= 11 is 0. The lowest BCUT2D eigenvalue weighted by atomic mass is 9.91. The number of para-hydroxylation sites is 1. The number of fused-ring (bicyclic) bond motifs is 1. The van der Waals surface area contributed by atoms with Crippen molar-refractivity contribution in [2.24, 2.45) is 0 Å². The number of hydrogen-bond acceptors (Lipinski definition) is 7. The largest absolute Gasteiger partial charge is 0.504 e. The van der Waals surface area contributed by atoms with Gasteiger partial charge in [-0.3, -0.25) is 0 Å². The average Bonchev–Trinajstić information content (AvgIpc) is 2.75. The Morgan fingerprint density at radius 2 is 1.67 bits per heavy atom. The molecule has 1 aliphatic rings. The van der Waals surface area contributed by atoms with E-state index in [1.165, 1.54) is 6.07 Å². The van der Waals surface area contributed by atoms with Crippen molar-refractivity contribution in [2.45, 2.75) is 44.3 Å². The van der Waals surface area contributed by atoms with Gasteiger partial charge >= 0.3 is 0 Å². The Balaban J connectivity index is 1.34. The topological polar surface area (TPSA) is 93.5 Å². The molecule has 0 unspecified atom stereocenters. The first-order valence-corrected chi connectivity index (χ1v) is 10.4. The summed E-state index contributed by atoms with van der Waals surface area (Å²) in [6.07, 6.45) is 4.23. The fourth-order valence-corrected chi connectivity index (χ4v) is 4.03. The molecular formula is C23H29N5O2. The lowest BCUT2D eigenvalue weighted by Gasteiger charge is -2.30. The van der Waals surface area contributed by atoms with E-state index in [0.29, 0.717) is 24.6 Å². The second-order valence-electron chi connectivity index (χ2n) is 8.18. The smallest absolute Gasteiger partial charge is 0.225 e. The van der Waals surface area contributed by atoms with Gasteiger partial charge in [-0.15, -0.1) is 0 Å². The molecule has 0 atom stereocenters. The number of aromatic nitrogens is 2. The zero-order valence-electron chi connectivity index (χ0n) is 17.5. The summed E-state index contributed by atoms with van der Waals surface area (Å²) in [7, 11) is 4.01. The SMILES string of the molecule is CN(C)c1nc(NC2CCC(NCc3ccc(O)c(O)c3)CC2)nc2ccccc12. The van der Waals surface area contributed by atoms with Crippen molar-refractivity contribution in [3.8, 4) is 11.5 Å². The van der Waals surface area contributed by atoms with E-state index in [1.54, 1.807) is 6.07 Å². The van der Waals surface area contributed by atoms with Gasteiger partial charge in [0, 0.05) is 38.1 Å². The molecule has 158 valence electrons. The molecule has 0 radical (unpaired) electrons. The third-order valence-corrected chi connectivity index (χ3v) is 5.70. The highest BCUT2D eigenvalue weighted by atomic mass is 16.3. The molecule has 2 aromatic carbocycles. The van der Waals surface area contributed by atoms with Gasteiger partial charge in [-0.25, -0.2) is 4.98 Å². The van der Waals surface area contributed by atoms with E-state index in [9.17, 15) is 10.2 Å². The molecule has 0 amide bonds. The summed E-state index contributed by atoms with van der Waals surface area (Å²) in [5, 5.41) is 27.2. The maximum atomic E-state index is 9.63. The fraction of sp³-hybridized carbons (Fsp3) is 0.391. The van der Waals surface area contributed by atoms with E-state index in [1.807, 2.05) is 43.3 Å². The molecule has 3 aromatic rings. The monoisotopic (exact) mass is 407 g/mol. The van der Waals surface area contributed by atoms with Crippen LogP contribution in [0.4, 0.5) is 11.8 Å². The third-order valence-electron chi connectivity index (χ3n) is 5.70. The number of nitrogens with one attached hydrogen (secondary N) is 2. The minimum absolute atomic E-state index is 0.0744. The van der Waals surface area contributed by atoms with Crippen LogP contribution in [0.25, 0.3) is 10.9 Å². The summed E-state index contributed by atoms with van der Waals surface area (Å²) in [6, 6.07) is 13.9. The first-order chi connectivity index (χ1) is 14.5. The maximum absolute atomic E-state index is 9.63. The van der Waals surface area contributed by atoms with Gasteiger partial charge in [0.1, 0.15) is 5.82 Å². The molecule has 0 aliphatic heterocycles. The van der Waals surface area contributed by atoms with Crippen LogP contribution in [-0.4, -0.2) is 46.4 Å². The van der Waals surface area contributed by atoms with Crippen LogP contribution in [0.2, 0.25) is 0 Å². The lowest BCUT2D eigenvalue weighted by Crippen LogP contribution is -2.37. The Morgan fingerprint density at radius 1 is 0.933 bits per heavy atom. The van der Waals surface area contributed by atoms with Gasteiger partial charge in [0.15, 0.2) is 11.5 Å². The first-order valence-electron chi connectivity index (χ1n) is 10.4. The Kier molecular flexibility index (Phi) is 5.90. The third kappa shape index (κ3) is 4.57. The van der Waals surface area contributed by atoms with Crippen molar-refractivity contribution in [3.63, 3.8) is 0 Å². The second-order valence-corrected chi connectivity index (χ2v) is 8.18. The summed E-state index contributed by atoms with van der Waals surface area (Å²) in [5.41, 5.74) is 1.91. The molecular weight excluding hydrogens is 378 g/mol. The van der Waals surface area contributed by atoms with Gasteiger partial charge in [0.25, 0.3) is 0 Å². The normalized spacial score (nSPS) is 19.0. The zero-order valence-corrected chi connectivity index (χ0v) is 17.5. The van der Waals surface area contributed by atoms with Crippen LogP contribution in [0.1, 0.15) is 31.2 Å². The summed E-state index contributed by atoms with van der Waals surface area (Å²) in [6.45, 7) is 0.677. The molecule has 7 nitrogen and oxygen atoms in total. The van der Waals surface area contributed by atoms with Crippen molar-refractivity contribution in [1.82, 2.24) is 15.3 Å². The van der Waals surface area contributed by atoms with Crippen LogP contribution in [0, 0.1) is 0 Å². The Morgan fingerprint density at radius 3 is 2.40 bits per heavy atom. The van der Waals surface area contributed by atoms with Gasteiger partial charge in [-0.1, -0.05) is 18.2 Å². The van der Waals surface area contributed by atoms with Crippen molar-refractivity contribution in [3.05, 3.63) is 48.0 Å². The first kappa shape index (κ1) is 20.2. The number of anilines is 2. The minimum atomic E-state index is -0.0846. The summed E-state index contributed by atoms with van der Waals surface area (Å²) in [5.74, 6) is 1.46. The molecule has 1 aromatic heterocycles. The molecule has 1 aliphatic carbocycles. The number of phenolic OH excluding ortho intramolecular Hbond substituents is 2. The van der Waals surface area contributed by atoms with E-state index in [0.717, 1.165) is 48.0 Å². The Hall–Kier alpha value is -3.06. The zero-order chi connectivity index (χ0) is 21.1. The van der Waals surface area contributed by atoms with Crippen LogP contribution < -0.4 is 15.5 Å². The van der Waals surface area contributed by atoms with Gasteiger partial charge in [-0.2, -0.15) is 4.98 Å². The number of aromatic hydroxyl groups is 2. The highest BCUT2D eigenvalue weighted by Gasteiger charge is 2.22. The number of phenols is 2. The standard InChI is InChI=1S/C23H29N5O2/c1-28(2)22-18-5-3-4-6-19(18)26-23(27-22)25-17-10-8-16(9-11-17)24-14-15-7-12-20(29)21(30)13-15/h3-7,12-13,16-17,24,29-30H,8-11,14H2,1-2H3,(H,25,26,27). The molecule has 1 fully saturated rings. The van der Waals surface area contributed by atoms with Crippen molar-refractivity contribution >= 4 is 22.7 Å². The van der Waals surface area contributed by atoms with Crippen LogP contribution in [0.15, 0.2) is 42.5 Å². The fourth-order valence-electron chi connectivity index (χ4n) is 4.03. The van der Waals surface area contributed by atoms with Crippen molar-refractivity contribution in [1.29, 1.82) is 0 Å². The molecule has 1 saturated carbocycles. The number of benzene rings is 2. The second kappa shape index (κ2) is 8.75. The van der Waals surface area contributed by atoms with E-state index >= 15 is 0 Å².